The fourth-order valence-electron chi connectivity index (χ4n) is 1.68. The zero-order valence-corrected chi connectivity index (χ0v) is 12.3. The first-order valence-corrected chi connectivity index (χ1v) is 8.09. The number of ether oxygens (including phenoxy) is 1. The van der Waals surface area contributed by atoms with Crippen molar-refractivity contribution in [2.75, 3.05) is 25.7 Å². The molecule has 0 aliphatic carbocycles. The van der Waals surface area contributed by atoms with Crippen LogP contribution in [0, 0.1) is 10.1 Å². The molecule has 0 saturated carbocycles. The van der Waals surface area contributed by atoms with Crippen LogP contribution < -0.4 is 10.1 Å². The molecule has 0 atom stereocenters. The van der Waals surface area contributed by atoms with Gasteiger partial charge in [-0.25, -0.2) is 8.42 Å². The zero-order valence-electron chi connectivity index (χ0n) is 11.5. The molecule has 0 aliphatic rings. The summed E-state index contributed by atoms with van der Waals surface area (Å²) in [5.74, 6) is 0.346. The third-order valence-corrected chi connectivity index (χ3v) is 3.67. The lowest BCUT2D eigenvalue weighted by molar-refractivity contribution is -0.385. The minimum Gasteiger partial charge on any atom is -0.490 e. The molecule has 0 saturated heterocycles. The Hall–Kier alpha value is -1.67. The Balaban J connectivity index is 2.53. The van der Waals surface area contributed by atoms with Gasteiger partial charge in [0.1, 0.15) is 9.84 Å². The van der Waals surface area contributed by atoms with Crippen LogP contribution in [0.3, 0.4) is 0 Å². The number of hydrogen-bond acceptors (Lipinski definition) is 6. The number of sulfone groups is 1. The zero-order chi connectivity index (χ0) is 15.2. The Labute approximate surface area is 118 Å². The van der Waals surface area contributed by atoms with Crippen LogP contribution in [0.5, 0.6) is 5.75 Å². The van der Waals surface area contributed by atoms with Gasteiger partial charge in [-0.3, -0.25) is 10.1 Å². The van der Waals surface area contributed by atoms with Crippen LogP contribution in [0.25, 0.3) is 0 Å². The molecule has 8 heteroatoms. The maximum Gasteiger partial charge on any atom is 0.311 e. The van der Waals surface area contributed by atoms with Gasteiger partial charge in [0.15, 0.2) is 5.75 Å². The van der Waals surface area contributed by atoms with E-state index in [1.807, 2.05) is 0 Å². The van der Waals surface area contributed by atoms with Gasteiger partial charge in [0.2, 0.25) is 0 Å². The Morgan fingerprint density at radius 2 is 2.10 bits per heavy atom. The lowest BCUT2D eigenvalue weighted by atomic mass is 10.2. The number of rotatable bonds is 8. The summed E-state index contributed by atoms with van der Waals surface area (Å²) in [4.78, 5) is 10.4. The number of methoxy groups -OCH3 is 1. The summed E-state index contributed by atoms with van der Waals surface area (Å²) in [6.07, 6.45) is 1.71. The maximum atomic E-state index is 10.9. The van der Waals surface area contributed by atoms with Crippen molar-refractivity contribution in [1.82, 2.24) is 5.32 Å². The number of nitrogens with zero attached hydrogens (tertiary/aromatic N) is 1. The van der Waals surface area contributed by atoms with Crippen LogP contribution in [0.2, 0.25) is 0 Å². The highest BCUT2D eigenvalue weighted by Gasteiger charge is 2.14. The first-order chi connectivity index (χ1) is 9.33. The SMILES string of the molecule is COc1ccc(CNCCCS(C)(=O)=O)cc1[N+](=O)[O-]. The molecule has 7 nitrogen and oxygen atoms in total. The third kappa shape index (κ3) is 5.54. The lowest BCUT2D eigenvalue weighted by Gasteiger charge is -2.06. The van der Waals surface area contributed by atoms with E-state index in [1.165, 1.54) is 19.4 Å². The van der Waals surface area contributed by atoms with E-state index in [0.717, 1.165) is 5.56 Å². The van der Waals surface area contributed by atoms with Crippen LogP contribution in [-0.2, 0) is 16.4 Å². The number of nitro groups is 1. The van der Waals surface area contributed by atoms with E-state index in [1.54, 1.807) is 12.1 Å². The summed E-state index contributed by atoms with van der Waals surface area (Å²) in [6.45, 7) is 0.974. The highest BCUT2D eigenvalue weighted by Crippen LogP contribution is 2.27. The molecule has 1 rings (SSSR count). The molecule has 0 spiro atoms. The molecule has 0 heterocycles. The molecule has 1 N–H and O–H groups in total. The summed E-state index contributed by atoms with van der Waals surface area (Å²) in [5.41, 5.74) is 0.666. The predicted molar refractivity (Wildman–Crippen MR) is 75.7 cm³/mol. The first kappa shape index (κ1) is 16.4. The van der Waals surface area contributed by atoms with Crippen LogP contribution in [0.1, 0.15) is 12.0 Å². The van der Waals surface area contributed by atoms with Crippen LogP contribution in [0.4, 0.5) is 5.69 Å². The monoisotopic (exact) mass is 302 g/mol. The standard InChI is InChI=1S/C12H18N2O5S/c1-19-12-5-4-10(8-11(12)14(15)16)9-13-6-3-7-20(2,17)18/h4-5,8,13H,3,6-7,9H2,1-2H3. The van der Waals surface area contributed by atoms with Crippen molar-refractivity contribution in [2.45, 2.75) is 13.0 Å². The fourth-order valence-corrected chi connectivity index (χ4v) is 2.35. The fraction of sp³-hybridized carbons (Fsp3) is 0.500. The molecule has 0 radical (unpaired) electrons. The van der Waals surface area contributed by atoms with Gasteiger partial charge in [-0.05, 0) is 24.6 Å². The molecule has 20 heavy (non-hydrogen) atoms. The van der Waals surface area contributed by atoms with E-state index in [2.05, 4.69) is 5.32 Å². The second-order valence-corrected chi connectivity index (χ2v) is 6.68. The quantitative estimate of drug-likeness (QED) is 0.439. The van der Waals surface area contributed by atoms with Crippen molar-refractivity contribution < 1.29 is 18.1 Å². The summed E-state index contributed by atoms with van der Waals surface area (Å²) in [7, 11) is -1.56. The molecular weight excluding hydrogens is 284 g/mol. The molecule has 0 aromatic heterocycles. The minimum atomic E-state index is -2.94. The van der Waals surface area contributed by atoms with Crippen molar-refractivity contribution in [1.29, 1.82) is 0 Å². The van der Waals surface area contributed by atoms with Crippen LogP contribution in [-0.4, -0.2) is 39.0 Å². The van der Waals surface area contributed by atoms with E-state index in [0.29, 0.717) is 19.5 Å². The van der Waals surface area contributed by atoms with E-state index in [4.69, 9.17) is 4.74 Å². The molecule has 1 aromatic carbocycles. The number of nitro benzene ring substituents is 1. The maximum absolute atomic E-state index is 10.9. The minimum absolute atomic E-state index is 0.0806. The largest absolute Gasteiger partial charge is 0.490 e. The normalized spacial score (nSPS) is 11.3. The molecule has 0 bridgehead atoms. The summed E-state index contributed by atoms with van der Waals surface area (Å²) in [5, 5.41) is 13.9. The van der Waals surface area contributed by atoms with Gasteiger partial charge in [-0.1, -0.05) is 6.07 Å². The molecule has 0 aliphatic heterocycles. The highest BCUT2D eigenvalue weighted by molar-refractivity contribution is 7.90. The van der Waals surface area contributed by atoms with Crippen molar-refractivity contribution in [3.05, 3.63) is 33.9 Å². The van der Waals surface area contributed by atoms with Crippen LogP contribution >= 0.6 is 0 Å². The lowest BCUT2D eigenvalue weighted by Crippen LogP contribution is -2.17. The molecule has 112 valence electrons. The number of hydrogen-bond donors (Lipinski definition) is 1. The molecule has 1 aromatic rings. The Kier molecular flexibility index (Phi) is 5.90. The highest BCUT2D eigenvalue weighted by atomic mass is 32.2. The number of benzene rings is 1. The Morgan fingerprint density at radius 3 is 2.65 bits per heavy atom. The van der Waals surface area contributed by atoms with Gasteiger partial charge < -0.3 is 10.1 Å². The smallest absolute Gasteiger partial charge is 0.311 e. The van der Waals surface area contributed by atoms with Crippen molar-refractivity contribution in [2.24, 2.45) is 0 Å². The van der Waals surface area contributed by atoms with Crippen molar-refractivity contribution in [3.63, 3.8) is 0 Å². The molecular formula is C12H18N2O5S. The van der Waals surface area contributed by atoms with E-state index >= 15 is 0 Å². The van der Waals surface area contributed by atoms with Crippen molar-refractivity contribution >= 4 is 15.5 Å². The third-order valence-electron chi connectivity index (χ3n) is 2.64. The summed E-state index contributed by atoms with van der Waals surface area (Å²) >= 11 is 0. The van der Waals surface area contributed by atoms with Gasteiger partial charge >= 0.3 is 5.69 Å². The van der Waals surface area contributed by atoms with E-state index in [9.17, 15) is 18.5 Å². The topological polar surface area (TPSA) is 98.5 Å². The second kappa shape index (κ2) is 7.20. The van der Waals surface area contributed by atoms with Crippen LogP contribution in [0.15, 0.2) is 18.2 Å². The van der Waals surface area contributed by atoms with Gasteiger partial charge in [-0.15, -0.1) is 0 Å². The molecule has 0 fully saturated rings. The Morgan fingerprint density at radius 1 is 1.40 bits per heavy atom. The average molecular weight is 302 g/mol. The predicted octanol–water partition coefficient (Wildman–Crippen LogP) is 1.13. The second-order valence-electron chi connectivity index (χ2n) is 4.42. The average Bonchev–Trinajstić information content (AvgIpc) is 2.36. The van der Waals surface area contributed by atoms with Crippen molar-refractivity contribution in [3.8, 4) is 5.75 Å². The van der Waals surface area contributed by atoms with Gasteiger partial charge in [-0.2, -0.15) is 0 Å². The van der Waals surface area contributed by atoms with Gasteiger partial charge in [0, 0.05) is 18.9 Å². The summed E-state index contributed by atoms with van der Waals surface area (Å²) in [6, 6.07) is 4.73. The van der Waals surface area contributed by atoms with Gasteiger partial charge in [0.05, 0.1) is 17.8 Å². The first-order valence-electron chi connectivity index (χ1n) is 6.03. The van der Waals surface area contributed by atoms with Gasteiger partial charge in [0.25, 0.3) is 0 Å². The summed E-state index contributed by atoms with van der Waals surface area (Å²) < 4.78 is 26.8. The van der Waals surface area contributed by atoms with E-state index in [-0.39, 0.29) is 17.2 Å². The van der Waals surface area contributed by atoms with E-state index < -0.39 is 14.8 Å². The number of nitrogens with one attached hydrogen (secondary N) is 1. The Bertz CT molecular complexity index is 571. The molecule has 0 unspecified atom stereocenters. The molecule has 0 amide bonds.